The second kappa shape index (κ2) is 8.28. The molecule has 0 unspecified atom stereocenters. The summed E-state index contributed by atoms with van der Waals surface area (Å²) in [4.78, 5) is 0. The van der Waals surface area contributed by atoms with Crippen LogP contribution in [-0.2, 0) is 13.2 Å². The van der Waals surface area contributed by atoms with E-state index < -0.39 is 0 Å². The first-order valence-electron chi connectivity index (χ1n) is 7.06. The average Bonchev–Trinajstić information content (AvgIpc) is 2.47. The summed E-state index contributed by atoms with van der Waals surface area (Å²) in [5.41, 5.74) is 2.09. The molecule has 0 spiro atoms. The van der Waals surface area contributed by atoms with E-state index in [0.29, 0.717) is 16.7 Å². The van der Waals surface area contributed by atoms with Crippen molar-refractivity contribution in [2.45, 2.75) is 26.5 Å². The lowest BCUT2D eigenvalue weighted by atomic mass is 10.2. The lowest BCUT2D eigenvalue weighted by molar-refractivity contribution is 0.302. The van der Waals surface area contributed by atoms with Gasteiger partial charge in [-0.2, -0.15) is 0 Å². The first kappa shape index (κ1) is 16.2. The van der Waals surface area contributed by atoms with E-state index in [1.807, 2.05) is 42.5 Å². The normalized spacial score (nSPS) is 10.6. The molecule has 0 aliphatic rings. The highest BCUT2D eigenvalue weighted by atomic mass is 35.5. The minimum absolute atomic E-state index is 0.449. The van der Waals surface area contributed by atoms with Gasteiger partial charge in [0.05, 0.1) is 5.02 Å². The predicted octanol–water partition coefficient (Wildman–Crippen LogP) is 5.07. The lowest BCUT2D eigenvalue weighted by Gasteiger charge is -2.14. The van der Waals surface area contributed by atoms with Gasteiger partial charge < -0.3 is 10.1 Å². The van der Waals surface area contributed by atoms with E-state index >= 15 is 0 Å². The Balaban J connectivity index is 2.07. The number of halogens is 2. The van der Waals surface area contributed by atoms with Crippen molar-refractivity contribution in [2.24, 2.45) is 0 Å². The molecule has 0 radical (unpaired) electrons. The van der Waals surface area contributed by atoms with E-state index in [2.05, 4.69) is 12.2 Å². The number of hydrogen-bond acceptors (Lipinski definition) is 2. The maximum absolute atomic E-state index is 6.26. The van der Waals surface area contributed by atoms with Gasteiger partial charge >= 0.3 is 0 Å². The van der Waals surface area contributed by atoms with Gasteiger partial charge in [0.25, 0.3) is 0 Å². The summed E-state index contributed by atoms with van der Waals surface area (Å²) in [6.45, 7) is 4.31. The summed E-state index contributed by atoms with van der Waals surface area (Å²) in [7, 11) is 0. The highest BCUT2D eigenvalue weighted by Crippen LogP contribution is 2.29. The number of para-hydroxylation sites is 1. The summed E-state index contributed by atoms with van der Waals surface area (Å²) in [5, 5.41) is 4.71. The van der Waals surface area contributed by atoms with Crippen LogP contribution in [0.5, 0.6) is 5.75 Å². The fraction of sp³-hybridized carbons (Fsp3) is 0.294. The van der Waals surface area contributed by atoms with Crippen LogP contribution in [0.25, 0.3) is 0 Å². The smallest absolute Gasteiger partial charge is 0.142 e. The zero-order valence-corrected chi connectivity index (χ0v) is 13.5. The molecule has 0 heterocycles. The Morgan fingerprint density at radius 1 is 1.10 bits per heavy atom. The van der Waals surface area contributed by atoms with Gasteiger partial charge in [0, 0.05) is 17.1 Å². The molecule has 0 saturated carbocycles. The van der Waals surface area contributed by atoms with Crippen LogP contribution >= 0.6 is 23.2 Å². The number of benzene rings is 2. The minimum atomic E-state index is 0.449. The van der Waals surface area contributed by atoms with E-state index in [4.69, 9.17) is 27.9 Å². The maximum atomic E-state index is 6.26. The van der Waals surface area contributed by atoms with Crippen LogP contribution in [0.3, 0.4) is 0 Å². The van der Waals surface area contributed by atoms with Gasteiger partial charge in [-0.3, -0.25) is 0 Å². The van der Waals surface area contributed by atoms with Gasteiger partial charge in [-0.25, -0.2) is 0 Å². The van der Waals surface area contributed by atoms with Gasteiger partial charge in [0.1, 0.15) is 12.4 Å². The second-order valence-corrected chi connectivity index (χ2v) is 5.67. The second-order valence-electron chi connectivity index (χ2n) is 4.82. The maximum Gasteiger partial charge on any atom is 0.142 e. The molecule has 4 heteroatoms. The highest BCUT2D eigenvalue weighted by Gasteiger charge is 2.08. The van der Waals surface area contributed by atoms with Crippen molar-refractivity contribution in [1.29, 1.82) is 0 Å². The van der Waals surface area contributed by atoms with Crippen LogP contribution in [0.2, 0.25) is 10.0 Å². The Bertz CT molecular complexity index is 587. The molecule has 1 N–H and O–H groups in total. The average molecular weight is 324 g/mol. The predicted molar refractivity (Wildman–Crippen MR) is 89.2 cm³/mol. The lowest BCUT2D eigenvalue weighted by Crippen LogP contribution is -2.14. The van der Waals surface area contributed by atoms with E-state index in [1.165, 1.54) is 0 Å². The van der Waals surface area contributed by atoms with Crippen molar-refractivity contribution in [2.75, 3.05) is 6.54 Å². The van der Waals surface area contributed by atoms with Crippen molar-refractivity contribution in [3.05, 3.63) is 63.6 Å². The molecular formula is C17H19Cl2NO. The molecule has 2 aromatic rings. The van der Waals surface area contributed by atoms with Gasteiger partial charge in [0.15, 0.2) is 0 Å². The fourth-order valence-electron chi connectivity index (χ4n) is 2.04. The summed E-state index contributed by atoms with van der Waals surface area (Å²) in [6, 6.07) is 13.5. The fourth-order valence-corrected chi connectivity index (χ4v) is 2.50. The molecular weight excluding hydrogens is 305 g/mol. The Morgan fingerprint density at radius 3 is 2.67 bits per heavy atom. The quantitative estimate of drug-likeness (QED) is 0.718. The number of nitrogens with one attached hydrogen (secondary N) is 1. The summed E-state index contributed by atoms with van der Waals surface area (Å²) < 4.78 is 5.91. The summed E-state index contributed by atoms with van der Waals surface area (Å²) >= 11 is 12.2. The molecule has 0 amide bonds. The van der Waals surface area contributed by atoms with E-state index in [9.17, 15) is 0 Å². The zero-order valence-electron chi connectivity index (χ0n) is 12.0. The Morgan fingerprint density at radius 2 is 1.90 bits per heavy atom. The van der Waals surface area contributed by atoms with Crippen molar-refractivity contribution in [3.63, 3.8) is 0 Å². The molecule has 0 aromatic heterocycles. The van der Waals surface area contributed by atoms with E-state index in [0.717, 1.165) is 36.4 Å². The molecule has 112 valence electrons. The van der Waals surface area contributed by atoms with Gasteiger partial charge in [0.2, 0.25) is 0 Å². The molecule has 0 atom stereocenters. The number of ether oxygens (including phenoxy) is 1. The van der Waals surface area contributed by atoms with Crippen molar-refractivity contribution < 1.29 is 4.74 Å². The largest absolute Gasteiger partial charge is 0.487 e. The van der Waals surface area contributed by atoms with Crippen LogP contribution in [0.1, 0.15) is 24.5 Å². The minimum Gasteiger partial charge on any atom is -0.487 e. The molecule has 0 aliphatic carbocycles. The van der Waals surface area contributed by atoms with Crippen molar-refractivity contribution in [1.82, 2.24) is 5.32 Å². The van der Waals surface area contributed by atoms with Crippen LogP contribution in [0.4, 0.5) is 0 Å². The Hall–Kier alpha value is -1.22. The third-order valence-electron chi connectivity index (χ3n) is 3.06. The van der Waals surface area contributed by atoms with Gasteiger partial charge in [-0.1, -0.05) is 54.4 Å². The van der Waals surface area contributed by atoms with Crippen LogP contribution in [0.15, 0.2) is 42.5 Å². The van der Waals surface area contributed by atoms with Crippen molar-refractivity contribution >= 4 is 23.2 Å². The third-order valence-corrected chi connectivity index (χ3v) is 3.60. The molecule has 0 aliphatic heterocycles. The van der Waals surface area contributed by atoms with Crippen LogP contribution in [0, 0.1) is 0 Å². The topological polar surface area (TPSA) is 21.3 Å². The molecule has 2 aromatic carbocycles. The molecule has 2 nitrogen and oxygen atoms in total. The van der Waals surface area contributed by atoms with Gasteiger partial charge in [-0.15, -0.1) is 0 Å². The van der Waals surface area contributed by atoms with E-state index in [-0.39, 0.29) is 0 Å². The molecule has 21 heavy (non-hydrogen) atoms. The molecule has 0 saturated heterocycles. The SMILES string of the molecule is CCCNCc1cccc(Cl)c1OCc1cccc(Cl)c1. The Kier molecular flexibility index (Phi) is 6.37. The van der Waals surface area contributed by atoms with E-state index in [1.54, 1.807) is 0 Å². The zero-order chi connectivity index (χ0) is 15.1. The monoisotopic (exact) mass is 323 g/mol. The summed E-state index contributed by atoms with van der Waals surface area (Å²) in [5.74, 6) is 0.739. The molecule has 0 bridgehead atoms. The first-order valence-corrected chi connectivity index (χ1v) is 7.81. The standard InChI is InChI=1S/C17H19Cl2NO/c1-2-9-20-11-14-6-4-8-16(19)17(14)21-12-13-5-3-7-15(18)10-13/h3-8,10,20H,2,9,11-12H2,1H3. The summed E-state index contributed by atoms with van der Waals surface area (Å²) in [6.07, 6.45) is 1.10. The van der Waals surface area contributed by atoms with Crippen LogP contribution < -0.4 is 10.1 Å². The Labute approximate surface area is 136 Å². The third kappa shape index (κ3) is 4.92. The highest BCUT2D eigenvalue weighted by molar-refractivity contribution is 6.32. The number of hydrogen-bond donors (Lipinski definition) is 1. The molecule has 2 rings (SSSR count). The van der Waals surface area contributed by atoms with Gasteiger partial charge in [-0.05, 0) is 36.7 Å². The van der Waals surface area contributed by atoms with Crippen LogP contribution in [-0.4, -0.2) is 6.54 Å². The molecule has 0 fully saturated rings. The van der Waals surface area contributed by atoms with Crippen molar-refractivity contribution in [3.8, 4) is 5.75 Å². The first-order chi connectivity index (χ1) is 10.2. The number of rotatable bonds is 7.